The highest BCUT2D eigenvalue weighted by Crippen LogP contribution is 2.27. The molecule has 1 amide bonds. The van der Waals surface area contributed by atoms with Crippen molar-refractivity contribution in [3.8, 4) is 0 Å². The first-order valence-corrected chi connectivity index (χ1v) is 10.4. The van der Waals surface area contributed by atoms with E-state index in [9.17, 15) is 9.18 Å². The first-order valence-electron chi connectivity index (χ1n) is 10.4. The highest BCUT2D eigenvalue weighted by molar-refractivity contribution is 5.98. The molecule has 6 N–H and O–H groups in total. The van der Waals surface area contributed by atoms with Crippen molar-refractivity contribution in [2.45, 2.75) is 51.6 Å². The molecule has 31 heavy (non-hydrogen) atoms. The average Bonchev–Trinajstić information content (AvgIpc) is 2.72. The maximum atomic E-state index is 14.7. The second kappa shape index (κ2) is 8.43. The molecule has 8 nitrogen and oxygen atoms in total. The largest absolute Gasteiger partial charge is 0.365 e. The molecule has 0 saturated heterocycles. The Morgan fingerprint density at radius 3 is 2.45 bits per heavy atom. The number of nitrogens with one attached hydrogen (secondary N) is 2. The number of aromatic nitrogens is 3. The molecule has 1 aliphatic rings. The molecule has 1 aromatic carbocycles. The fraction of sp³-hybridized carbons (Fsp3) is 0.364. The van der Waals surface area contributed by atoms with E-state index in [1.54, 1.807) is 12.1 Å². The number of benzene rings is 1. The minimum atomic E-state index is -0.776. The summed E-state index contributed by atoms with van der Waals surface area (Å²) in [7, 11) is 0. The van der Waals surface area contributed by atoms with E-state index in [0.29, 0.717) is 11.2 Å². The lowest BCUT2D eigenvalue weighted by atomic mass is 9.91. The number of halogens is 1. The number of carbonyl (C=O) groups excluding carboxylic acids is 1. The van der Waals surface area contributed by atoms with Crippen molar-refractivity contribution in [2.75, 3.05) is 10.6 Å². The van der Waals surface area contributed by atoms with Crippen LogP contribution in [-0.4, -0.2) is 32.9 Å². The number of aryl methyl sites for hydroxylation is 2. The van der Waals surface area contributed by atoms with Gasteiger partial charge in [-0.05, 0) is 51.0 Å². The second-order valence-electron chi connectivity index (χ2n) is 8.00. The monoisotopic (exact) mass is 423 g/mol. The Bertz CT molecular complexity index is 1150. The van der Waals surface area contributed by atoms with Gasteiger partial charge in [0.2, 0.25) is 0 Å². The molecule has 2 heterocycles. The van der Waals surface area contributed by atoms with Crippen LogP contribution < -0.4 is 22.1 Å². The number of anilines is 3. The Morgan fingerprint density at radius 1 is 1.03 bits per heavy atom. The lowest BCUT2D eigenvalue weighted by Crippen LogP contribution is -2.43. The molecule has 0 radical (unpaired) electrons. The predicted molar refractivity (Wildman–Crippen MR) is 119 cm³/mol. The SMILES string of the molecule is Cc1nc2ccc(Nc3nc(NC4CCCCC4N)c(F)cc3C(N)=O)cc2nc1C. The Kier molecular flexibility index (Phi) is 5.69. The van der Waals surface area contributed by atoms with E-state index in [4.69, 9.17) is 11.5 Å². The summed E-state index contributed by atoms with van der Waals surface area (Å²) >= 11 is 0. The van der Waals surface area contributed by atoms with Crippen LogP contribution in [0.2, 0.25) is 0 Å². The van der Waals surface area contributed by atoms with Crippen molar-refractivity contribution >= 4 is 34.3 Å². The van der Waals surface area contributed by atoms with Crippen molar-refractivity contribution < 1.29 is 9.18 Å². The number of hydrogen-bond donors (Lipinski definition) is 4. The standard InChI is InChI=1S/C22H26FN7O/c1-11-12(2)27-19-9-13(7-8-18(19)26-11)28-21-14(20(25)31)10-15(23)22(30-21)29-17-6-4-3-5-16(17)24/h7-10,16-17H,3-6,24H2,1-2H3,(H2,25,31)(H2,28,29,30). The molecule has 9 heteroatoms. The van der Waals surface area contributed by atoms with Crippen LogP contribution in [0.3, 0.4) is 0 Å². The summed E-state index contributed by atoms with van der Waals surface area (Å²) in [6, 6.07) is 6.37. The first-order chi connectivity index (χ1) is 14.8. The van der Waals surface area contributed by atoms with Gasteiger partial charge in [0.15, 0.2) is 11.6 Å². The van der Waals surface area contributed by atoms with Gasteiger partial charge in [0, 0.05) is 17.8 Å². The summed E-state index contributed by atoms with van der Waals surface area (Å²) in [6.07, 6.45) is 3.80. The second-order valence-corrected chi connectivity index (χ2v) is 8.00. The third-order valence-corrected chi connectivity index (χ3v) is 5.72. The van der Waals surface area contributed by atoms with Gasteiger partial charge in [-0.2, -0.15) is 0 Å². The third kappa shape index (κ3) is 4.41. The zero-order valence-corrected chi connectivity index (χ0v) is 17.6. The van der Waals surface area contributed by atoms with E-state index >= 15 is 0 Å². The maximum absolute atomic E-state index is 14.7. The molecule has 4 rings (SSSR count). The van der Waals surface area contributed by atoms with E-state index in [2.05, 4.69) is 25.6 Å². The molecule has 162 valence electrons. The van der Waals surface area contributed by atoms with Crippen LogP contribution in [0.5, 0.6) is 0 Å². The molecular weight excluding hydrogens is 397 g/mol. The van der Waals surface area contributed by atoms with E-state index in [1.165, 1.54) is 0 Å². The van der Waals surface area contributed by atoms with Gasteiger partial charge in [0.05, 0.1) is 28.0 Å². The molecule has 2 atom stereocenters. The Hall–Kier alpha value is -3.33. The van der Waals surface area contributed by atoms with Gasteiger partial charge in [-0.15, -0.1) is 0 Å². The van der Waals surface area contributed by atoms with Crippen molar-refractivity contribution in [3.63, 3.8) is 0 Å². The average molecular weight is 423 g/mol. The quantitative estimate of drug-likeness (QED) is 0.495. The van der Waals surface area contributed by atoms with Gasteiger partial charge >= 0.3 is 0 Å². The number of hydrogen-bond acceptors (Lipinski definition) is 7. The maximum Gasteiger partial charge on any atom is 0.252 e. The zero-order valence-electron chi connectivity index (χ0n) is 17.6. The number of rotatable bonds is 5. The summed E-state index contributed by atoms with van der Waals surface area (Å²) in [4.78, 5) is 25.3. The summed E-state index contributed by atoms with van der Waals surface area (Å²) in [5.41, 5.74) is 15.4. The number of fused-ring (bicyclic) bond motifs is 1. The van der Waals surface area contributed by atoms with Gasteiger partial charge in [0.25, 0.3) is 5.91 Å². The summed E-state index contributed by atoms with van der Waals surface area (Å²) in [5.74, 6) is -1.21. The molecule has 3 aromatic rings. The molecule has 0 bridgehead atoms. The van der Waals surface area contributed by atoms with Gasteiger partial charge in [-0.3, -0.25) is 4.79 Å². The predicted octanol–water partition coefficient (Wildman–Crippen LogP) is 3.31. The van der Waals surface area contributed by atoms with Crippen LogP contribution >= 0.6 is 0 Å². The lowest BCUT2D eigenvalue weighted by molar-refractivity contribution is 0.100. The minimum absolute atomic E-state index is 0.0396. The Balaban J connectivity index is 1.68. The fourth-order valence-corrected chi connectivity index (χ4v) is 3.83. The van der Waals surface area contributed by atoms with E-state index in [1.807, 2.05) is 19.9 Å². The number of carbonyl (C=O) groups is 1. The van der Waals surface area contributed by atoms with Gasteiger partial charge in [-0.1, -0.05) is 12.8 Å². The van der Waals surface area contributed by atoms with Crippen LogP contribution in [0.4, 0.5) is 21.7 Å². The van der Waals surface area contributed by atoms with Gasteiger partial charge in [0.1, 0.15) is 5.82 Å². The minimum Gasteiger partial charge on any atom is -0.365 e. The summed E-state index contributed by atoms with van der Waals surface area (Å²) < 4.78 is 14.7. The smallest absolute Gasteiger partial charge is 0.252 e. The third-order valence-electron chi connectivity index (χ3n) is 5.72. The molecule has 2 unspecified atom stereocenters. The van der Waals surface area contributed by atoms with Crippen LogP contribution in [0.1, 0.15) is 47.4 Å². The summed E-state index contributed by atoms with van der Waals surface area (Å²) in [6.45, 7) is 3.80. The highest BCUT2D eigenvalue weighted by Gasteiger charge is 2.24. The van der Waals surface area contributed by atoms with Crippen molar-refractivity contribution in [1.29, 1.82) is 0 Å². The van der Waals surface area contributed by atoms with E-state index < -0.39 is 11.7 Å². The van der Waals surface area contributed by atoms with Crippen molar-refractivity contribution in [3.05, 3.63) is 47.0 Å². The van der Waals surface area contributed by atoms with E-state index in [-0.39, 0.29) is 29.3 Å². The molecule has 0 spiro atoms. The molecule has 2 aromatic heterocycles. The molecule has 0 aliphatic heterocycles. The Morgan fingerprint density at radius 2 is 1.74 bits per heavy atom. The van der Waals surface area contributed by atoms with Crippen LogP contribution in [0, 0.1) is 19.7 Å². The van der Waals surface area contributed by atoms with Crippen LogP contribution in [0.25, 0.3) is 11.0 Å². The van der Waals surface area contributed by atoms with Gasteiger partial charge in [-0.25, -0.2) is 19.3 Å². The fourth-order valence-electron chi connectivity index (χ4n) is 3.83. The van der Waals surface area contributed by atoms with Crippen molar-refractivity contribution in [2.24, 2.45) is 11.5 Å². The number of pyridine rings is 1. The normalized spacial score (nSPS) is 18.7. The highest BCUT2D eigenvalue weighted by atomic mass is 19.1. The number of nitrogens with two attached hydrogens (primary N) is 2. The number of amides is 1. The van der Waals surface area contributed by atoms with E-state index in [0.717, 1.165) is 48.7 Å². The van der Waals surface area contributed by atoms with Crippen LogP contribution in [-0.2, 0) is 0 Å². The Labute approximate surface area is 179 Å². The summed E-state index contributed by atoms with van der Waals surface area (Å²) in [5, 5.41) is 6.19. The number of primary amides is 1. The molecule has 1 saturated carbocycles. The molecule has 1 aliphatic carbocycles. The van der Waals surface area contributed by atoms with Crippen LogP contribution in [0.15, 0.2) is 24.3 Å². The topological polar surface area (TPSA) is 132 Å². The van der Waals surface area contributed by atoms with Gasteiger partial charge < -0.3 is 22.1 Å². The lowest BCUT2D eigenvalue weighted by Gasteiger charge is -2.30. The molecule has 1 fully saturated rings. The number of nitrogens with zero attached hydrogens (tertiary/aromatic N) is 3. The molecular formula is C22H26FN7O. The van der Waals surface area contributed by atoms with Crippen molar-refractivity contribution in [1.82, 2.24) is 15.0 Å². The zero-order chi connectivity index (χ0) is 22.1. The first kappa shape index (κ1) is 20.9.